The van der Waals surface area contributed by atoms with Gasteiger partial charge in [0.1, 0.15) is 0 Å². The van der Waals surface area contributed by atoms with Crippen molar-refractivity contribution in [3.63, 3.8) is 0 Å². The Morgan fingerprint density at radius 1 is 1.06 bits per heavy atom. The fraction of sp³-hybridized carbons (Fsp3) is 0.261. The van der Waals surface area contributed by atoms with Crippen LogP contribution in [0.15, 0.2) is 58.2 Å². The molecule has 0 fully saturated rings. The van der Waals surface area contributed by atoms with Crippen molar-refractivity contribution < 1.29 is 18.0 Å². The third-order valence-corrected chi connectivity index (χ3v) is 7.36. The molecule has 9 nitrogen and oxygen atoms in total. The summed E-state index contributed by atoms with van der Waals surface area (Å²) in [6.07, 6.45) is 0.440. The number of aromatic nitrogens is 1. The number of amides is 2. The van der Waals surface area contributed by atoms with Gasteiger partial charge in [-0.25, -0.2) is 8.42 Å². The molecule has 0 spiro atoms. The smallest absolute Gasteiger partial charge is 0.252 e. The highest BCUT2D eigenvalue weighted by molar-refractivity contribution is 7.89. The minimum absolute atomic E-state index is 0.0445. The van der Waals surface area contributed by atoms with Gasteiger partial charge in [0.15, 0.2) is 0 Å². The van der Waals surface area contributed by atoms with Crippen LogP contribution in [0.2, 0.25) is 0 Å². The van der Waals surface area contributed by atoms with E-state index in [-0.39, 0.29) is 17.0 Å². The van der Waals surface area contributed by atoms with E-state index in [9.17, 15) is 22.8 Å². The number of hydrogen-bond acceptors (Lipinski definition) is 5. The molecule has 174 valence electrons. The maximum Gasteiger partial charge on any atom is 0.252 e. The lowest BCUT2D eigenvalue weighted by atomic mass is 10.1. The normalized spacial score (nSPS) is 11.6. The first-order valence-electron chi connectivity index (χ1n) is 10.5. The fourth-order valence-electron chi connectivity index (χ4n) is 3.59. The van der Waals surface area contributed by atoms with Gasteiger partial charge in [0, 0.05) is 42.2 Å². The minimum atomic E-state index is -3.74. The average Bonchev–Trinajstić information content (AvgIpc) is 2.78. The molecular weight excluding hydrogens is 444 g/mol. The number of hydrogen-bond donors (Lipinski definition) is 3. The van der Waals surface area contributed by atoms with Gasteiger partial charge in [-0.15, -0.1) is 0 Å². The third kappa shape index (κ3) is 5.29. The molecule has 0 saturated carbocycles. The molecule has 0 bridgehead atoms. The Bertz CT molecular complexity index is 1360. The number of pyridine rings is 1. The predicted octanol–water partition coefficient (Wildman–Crippen LogP) is 1.63. The van der Waals surface area contributed by atoms with Gasteiger partial charge in [0.05, 0.1) is 10.5 Å². The molecule has 2 amide bonds. The number of H-pyrrole nitrogens is 1. The van der Waals surface area contributed by atoms with E-state index in [4.69, 9.17) is 5.73 Å². The molecule has 4 N–H and O–H groups in total. The molecule has 0 aliphatic carbocycles. The molecule has 0 atom stereocenters. The Balaban J connectivity index is 1.88. The highest BCUT2D eigenvalue weighted by Crippen LogP contribution is 2.23. The Morgan fingerprint density at radius 3 is 2.45 bits per heavy atom. The van der Waals surface area contributed by atoms with Crippen molar-refractivity contribution in [3.8, 4) is 0 Å². The van der Waals surface area contributed by atoms with Gasteiger partial charge < -0.3 is 16.0 Å². The first-order valence-corrected chi connectivity index (χ1v) is 12.0. The van der Waals surface area contributed by atoms with Gasteiger partial charge in [0.25, 0.3) is 5.91 Å². The van der Waals surface area contributed by atoms with Crippen LogP contribution in [0.5, 0.6) is 0 Å². The molecule has 1 heterocycles. The standard InChI is InChI=1S/C23H26N4O5S/c1-3-27(4-2)33(31,32)17-8-9-20-18(13-17)19(14-21(28)26-20)23(30)25-11-10-15-6-5-7-16(12-15)22(24)29/h5-9,12-14H,3-4,10-11H2,1-2H3,(H2,24,29)(H,25,30)(H,26,28). The van der Waals surface area contributed by atoms with Crippen LogP contribution in [-0.4, -0.2) is 49.2 Å². The zero-order valence-corrected chi connectivity index (χ0v) is 19.2. The lowest BCUT2D eigenvalue weighted by Gasteiger charge is -2.19. The first-order chi connectivity index (χ1) is 15.7. The van der Waals surface area contributed by atoms with Crippen LogP contribution in [0.1, 0.15) is 40.1 Å². The average molecular weight is 471 g/mol. The van der Waals surface area contributed by atoms with Crippen LogP contribution in [0.25, 0.3) is 10.9 Å². The zero-order chi connectivity index (χ0) is 24.2. The molecule has 0 aliphatic rings. The highest BCUT2D eigenvalue weighted by Gasteiger charge is 2.23. The topological polar surface area (TPSA) is 142 Å². The van der Waals surface area contributed by atoms with Crippen LogP contribution in [0.4, 0.5) is 0 Å². The van der Waals surface area contributed by atoms with Crippen LogP contribution in [-0.2, 0) is 16.4 Å². The van der Waals surface area contributed by atoms with Crippen molar-refractivity contribution in [2.45, 2.75) is 25.2 Å². The number of sulfonamides is 1. The Labute approximate surface area is 191 Å². The number of nitrogens with one attached hydrogen (secondary N) is 2. The summed E-state index contributed by atoms with van der Waals surface area (Å²) in [6.45, 7) is 4.36. The van der Waals surface area contributed by atoms with Gasteiger partial charge in [-0.3, -0.25) is 14.4 Å². The molecule has 33 heavy (non-hydrogen) atoms. The lowest BCUT2D eigenvalue weighted by molar-refractivity contribution is 0.0953. The van der Waals surface area contributed by atoms with E-state index in [0.717, 1.165) is 11.6 Å². The van der Waals surface area contributed by atoms with Crippen LogP contribution in [0.3, 0.4) is 0 Å². The Hall–Kier alpha value is -3.50. The summed E-state index contributed by atoms with van der Waals surface area (Å²) >= 11 is 0. The maximum atomic E-state index is 12.9. The number of rotatable bonds is 9. The van der Waals surface area contributed by atoms with Crippen LogP contribution in [0, 0.1) is 0 Å². The Morgan fingerprint density at radius 2 is 1.79 bits per heavy atom. The molecule has 3 aromatic rings. The second-order valence-corrected chi connectivity index (χ2v) is 9.35. The molecule has 0 unspecified atom stereocenters. The monoisotopic (exact) mass is 470 g/mol. The van der Waals surface area contributed by atoms with Crippen LogP contribution >= 0.6 is 0 Å². The van der Waals surface area contributed by atoms with Gasteiger partial charge in [0.2, 0.25) is 21.5 Å². The molecule has 2 aromatic carbocycles. The SMILES string of the molecule is CCN(CC)S(=O)(=O)c1ccc2[nH]c(=O)cc(C(=O)NCCc3cccc(C(N)=O)c3)c2c1. The number of benzene rings is 2. The summed E-state index contributed by atoms with van der Waals surface area (Å²) in [5.41, 5.74) is 6.46. The highest BCUT2D eigenvalue weighted by atomic mass is 32.2. The predicted molar refractivity (Wildman–Crippen MR) is 126 cm³/mol. The zero-order valence-electron chi connectivity index (χ0n) is 18.4. The van der Waals surface area contributed by atoms with E-state index in [2.05, 4.69) is 10.3 Å². The number of aromatic amines is 1. The van der Waals surface area contributed by atoms with Gasteiger partial charge in [-0.05, 0) is 42.3 Å². The molecule has 0 aliphatic heterocycles. The number of primary amides is 1. The van der Waals surface area contributed by atoms with Crippen molar-refractivity contribution in [1.82, 2.24) is 14.6 Å². The quantitative estimate of drug-likeness (QED) is 0.436. The summed E-state index contributed by atoms with van der Waals surface area (Å²) in [4.78, 5) is 39.0. The molecule has 0 radical (unpaired) electrons. The fourth-order valence-corrected chi connectivity index (χ4v) is 5.07. The largest absolute Gasteiger partial charge is 0.366 e. The number of carbonyl (C=O) groups excluding carboxylic acids is 2. The van der Waals surface area contributed by atoms with E-state index in [1.807, 2.05) is 6.07 Å². The van der Waals surface area contributed by atoms with Crippen LogP contribution < -0.4 is 16.6 Å². The minimum Gasteiger partial charge on any atom is -0.366 e. The first kappa shape index (κ1) is 24.1. The van der Waals surface area contributed by atoms with Crippen molar-refractivity contribution in [1.29, 1.82) is 0 Å². The maximum absolute atomic E-state index is 12.9. The summed E-state index contributed by atoms with van der Waals surface area (Å²) in [5, 5.41) is 3.08. The van der Waals surface area contributed by atoms with Crippen molar-refractivity contribution in [2.75, 3.05) is 19.6 Å². The van der Waals surface area contributed by atoms with E-state index < -0.39 is 27.4 Å². The summed E-state index contributed by atoms with van der Waals surface area (Å²) in [7, 11) is -3.74. The van der Waals surface area contributed by atoms with Gasteiger partial charge in [-0.1, -0.05) is 26.0 Å². The number of nitrogens with two attached hydrogens (primary N) is 1. The molecule has 1 aromatic heterocycles. The Kier molecular flexibility index (Phi) is 7.29. The molecular formula is C23H26N4O5S. The lowest BCUT2D eigenvalue weighted by Crippen LogP contribution is -2.30. The number of fused-ring (bicyclic) bond motifs is 1. The summed E-state index contributed by atoms with van der Waals surface area (Å²) in [5.74, 6) is -1.04. The second-order valence-electron chi connectivity index (χ2n) is 7.41. The van der Waals surface area contributed by atoms with E-state index >= 15 is 0 Å². The molecule has 3 rings (SSSR count). The number of carbonyl (C=O) groups is 2. The number of nitrogens with zero attached hydrogens (tertiary/aromatic N) is 1. The van der Waals surface area contributed by atoms with Crippen molar-refractivity contribution in [2.24, 2.45) is 5.73 Å². The summed E-state index contributed by atoms with van der Waals surface area (Å²) < 4.78 is 27.1. The molecule has 10 heteroatoms. The van der Waals surface area contributed by atoms with E-state index in [1.165, 1.54) is 22.5 Å². The van der Waals surface area contributed by atoms with Gasteiger partial charge >= 0.3 is 0 Å². The van der Waals surface area contributed by atoms with Crippen molar-refractivity contribution >= 4 is 32.7 Å². The van der Waals surface area contributed by atoms with E-state index in [1.54, 1.807) is 32.0 Å². The second kappa shape index (κ2) is 9.97. The third-order valence-electron chi connectivity index (χ3n) is 5.31. The molecule has 0 saturated heterocycles. The summed E-state index contributed by atoms with van der Waals surface area (Å²) in [6, 6.07) is 12.2. The van der Waals surface area contributed by atoms with Gasteiger partial charge in [-0.2, -0.15) is 4.31 Å². The van der Waals surface area contributed by atoms with E-state index in [0.29, 0.717) is 36.0 Å². The van der Waals surface area contributed by atoms with Crippen molar-refractivity contribution in [3.05, 3.63) is 75.6 Å².